The molecule has 2 amide bonds. The van der Waals surface area contributed by atoms with Crippen molar-refractivity contribution in [3.05, 3.63) is 77.7 Å². The fourth-order valence-corrected chi connectivity index (χ4v) is 7.31. The normalized spacial score (nSPS) is 15.2. The van der Waals surface area contributed by atoms with E-state index >= 15 is 4.39 Å². The Bertz CT molecular complexity index is 1990. The number of ether oxygens (including phenoxy) is 3. The first-order valence-corrected chi connectivity index (χ1v) is 17.4. The minimum atomic E-state index is -3.82. The molecule has 0 radical (unpaired) electrons. The molecular formula is C35H40FN5O7S. The van der Waals surface area contributed by atoms with Crippen molar-refractivity contribution in [3.63, 3.8) is 0 Å². The zero-order valence-electron chi connectivity index (χ0n) is 27.9. The number of fused-ring (bicyclic) bond motifs is 1. The number of carbonyl (C=O) groups excluding carboxylic acids is 2. The smallest absolute Gasteiger partial charge is 0.411 e. The van der Waals surface area contributed by atoms with E-state index in [9.17, 15) is 18.0 Å². The minimum Gasteiger partial charge on any atom is -0.493 e. The summed E-state index contributed by atoms with van der Waals surface area (Å²) >= 11 is 0. The number of hydrogen-bond donors (Lipinski definition) is 3. The largest absolute Gasteiger partial charge is 0.493 e. The Morgan fingerprint density at radius 1 is 1.06 bits per heavy atom. The van der Waals surface area contributed by atoms with Crippen LogP contribution in [0.1, 0.15) is 56.8 Å². The van der Waals surface area contributed by atoms with E-state index in [1.165, 1.54) is 38.5 Å². The molecule has 3 aromatic carbocycles. The van der Waals surface area contributed by atoms with Crippen LogP contribution in [0.5, 0.6) is 11.5 Å². The molecule has 1 fully saturated rings. The van der Waals surface area contributed by atoms with E-state index in [1.807, 2.05) is 0 Å². The summed E-state index contributed by atoms with van der Waals surface area (Å²) in [6.07, 6.45) is 1.82. The number of likely N-dealkylation sites (tertiary alicyclic amines) is 1. The van der Waals surface area contributed by atoms with Crippen LogP contribution in [0.3, 0.4) is 0 Å². The molecule has 2 atom stereocenters. The van der Waals surface area contributed by atoms with Gasteiger partial charge in [0.15, 0.2) is 21.3 Å². The molecule has 14 heteroatoms. The van der Waals surface area contributed by atoms with Crippen LogP contribution in [-0.2, 0) is 19.4 Å². The number of nitrogens with two attached hydrogens (primary N) is 1. The van der Waals surface area contributed by atoms with Crippen molar-refractivity contribution in [2.24, 2.45) is 0 Å². The number of nitrogens with zero attached hydrogens (tertiary/aromatic N) is 2. The highest BCUT2D eigenvalue weighted by Gasteiger charge is 2.39. The number of nitrogens with one attached hydrogen (secondary N) is 2. The Morgan fingerprint density at radius 3 is 2.51 bits per heavy atom. The van der Waals surface area contributed by atoms with Gasteiger partial charge in [-0.1, -0.05) is 0 Å². The molecule has 49 heavy (non-hydrogen) atoms. The van der Waals surface area contributed by atoms with Crippen molar-refractivity contribution in [2.45, 2.75) is 55.8 Å². The molecule has 1 aliphatic heterocycles. The first-order valence-electron chi connectivity index (χ1n) is 15.8. The Hall–Kier alpha value is -5.11. The molecule has 4 aromatic rings. The predicted molar refractivity (Wildman–Crippen MR) is 185 cm³/mol. The van der Waals surface area contributed by atoms with Crippen molar-refractivity contribution < 1.29 is 36.6 Å². The van der Waals surface area contributed by atoms with Gasteiger partial charge in [0.25, 0.3) is 0 Å². The van der Waals surface area contributed by atoms with E-state index in [-0.39, 0.29) is 35.1 Å². The lowest BCUT2D eigenvalue weighted by Crippen LogP contribution is -2.38. The summed E-state index contributed by atoms with van der Waals surface area (Å²) in [4.78, 5) is 32.6. The SMILES string of the molecule is CCOc1cc(C(Nc2ccc3c(N)nccc3c2)C(=O)N2CCCC2c2cc(NC(=O)OC)ccc2S(=O)(=O)C(C)C)c(F)cc1OC. The topological polar surface area (TPSA) is 162 Å². The van der Waals surface area contributed by atoms with Crippen LogP contribution in [0, 0.1) is 5.82 Å². The average Bonchev–Trinajstić information content (AvgIpc) is 3.57. The third-order valence-corrected chi connectivity index (χ3v) is 10.7. The third-order valence-electron chi connectivity index (χ3n) is 8.51. The van der Waals surface area contributed by atoms with Gasteiger partial charge in [0, 0.05) is 41.1 Å². The van der Waals surface area contributed by atoms with Gasteiger partial charge in [-0.15, -0.1) is 0 Å². The lowest BCUT2D eigenvalue weighted by molar-refractivity contribution is -0.133. The second kappa shape index (κ2) is 14.6. The maximum Gasteiger partial charge on any atom is 0.411 e. The van der Waals surface area contributed by atoms with Crippen molar-refractivity contribution in [1.29, 1.82) is 0 Å². The van der Waals surface area contributed by atoms with E-state index in [4.69, 9.17) is 19.9 Å². The standard InChI is InChI=1S/C35H40FN5O7S/c1-6-48-30-18-25(27(36)19-29(30)46-4)32(39-22-9-11-24-21(16-22)13-14-38-33(24)37)34(42)41-15-7-8-28(41)26-17-23(40-35(43)47-5)10-12-31(26)49(44,45)20(2)3/h9-14,16-20,28,32,39H,6-8,15H2,1-5H3,(H2,37,38)(H,40,43). The van der Waals surface area contributed by atoms with E-state index in [0.717, 1.165) is 5.39 Å². The number of pyridine rings is 1. The summed E-state index contributed by atoms with van der Waals surface area (Å²) < 4.78 is 59.0. The van der Waals surface area contributed by atoms with Gasteiger partial charge in [-0.05, 0) is 93.1 Å². The number of sulfone groups is 1. The molecule has 0 saturated carbocycles. The number of aromatic nitrogens is 1. The number of nitrogen functional groups attached to an aromatic ring is 1. The molecule has 4 N–H and O–H groups in total. The van der Waals surface area contributed by atoms with E-state index in [1.54, 1.807) is 62.2 Å². The third kappa shape index (κ3) is 7.19. The van der Waals surface area contributed by atoms with Crippen LogP contribution in [-0.4, -0.2) is 62.9 Å². The van der Waals surface area contributed by atoms with E-state index < -0.39 is 45.0 Å². The maximum absolute atomic E-state index is 16.0. The summed E-state index contributed by atoms with van der Waals surface area (Å²) in [5.74, 6) is -0.440. The van der Waals surface area contributed by atoms with Gasteiger partial charge in [-0.2, -0.15) is 0 Å². The summed E-state index contributed by atoms with van der Waals surface area (Å²) in [7, 11) is -1.21. The van der Waals surface area contributed by atoms with Crippen LogP contribution in [0.2, 0.25) is 0 Å². The zero-order chi connectivity index (χ0) is 35.5. The molecule has 1 saturated heterocycles. The molecule has 12 nitrogen and oxygen atoms in total. The van der Waals surface area contributed by atoms with Gasteiger partial charge in [0.1, 0.15) is 17.7 Å². The van der Waals surface area contributed by atoms with E-state index in [0.29, 0.717) is 41.0 Å². The van der Waals surface area contributed by atoms with Crippen LogP contribution in [0.15, 0.2) is 65.7 Å². The Morgan fingerprint density at radius 2 is 1.82 bits per heavy atom. The lowest BCUT2D eigenvalue weighted by atomic mass is 10.00. The number of hydrogen-bond acceptors (Lipinski definition) is 10. The van der Waals surface area contributed by atoms with Crippen LogP contribution in [0.4, 0.5) is 26.4 Å². The number of halogens is 1. The molecule has 0 bridgehead atoms. The number of anilines is 3. The fourth-order valence-electron chi connectivity index (χ4n) is 6.02. The first-order chi connectivity index (χ1) is 23.4. The van der Waals surface area contributed by atoms with Crippen molar-refractivity contribution in [1.82, 2.24) is 9.88 Å². The summed E-state index contributed by atoms with van der Waals surface area (Å²) in [5, 5.41) is 6.53. The van der Waals surface area contributed by atoms with Gasteiger partial charge in [-0.3, -0.25) is 10.1 Å². The minimum absolute atomic E-state index is 0.00498. The van der Waals surface area contributed by atoms with Crippen molar-refractivity contribution in [3.8, 4) is 11.5 Å². The van der Waals surface area contributed by atoms with Gasteiger partial charge in [0.2, 0.25) is 5.91 Å². The quantitative estimate of drug-likeness (QED) is 0.164. The fraction of sp³-hybridized carbons (Fsp3) is 0.343. The first kappa shape index (κ1) is 35.2. The van der Waals surface area contributed by atoms with E-state index in [2.05, 4.69) is 15.6 Å². The Balaban J connectivity index is 1.63. The van der Waals surface area contributed by atoms with Crippen LogP contribution in [0.25, 0.3) is 10.8 Å². The molecular weight excluding hydrogens is 653 g/mol. The monoisotopic (exact) mass is 693 g/mol. The zero-order valence-corrected chi connectivity index (χ0v) is 28.8. The molecule has 1 aliphatic rings. The molecule has 2 heterocycles. The highest BCUT2D eigenvalue weighted by molar-refractivity contribution is 7.92. The summed E-state index contributed by atoms with van der Waals surface area (Å²) in [6.45, 7) is 5.47. The number of amides is 2. The van der Waals surface area contributed by atoms with Crippen molar-refractivity contribution >= 4 is 49.8 Å². The van der Waals surface area contributed by atoms with Crippen LogP contribution < -0.4 is 25.8 Å². The number of rotatable bonds is 11. The highest BCUT2D eigenvalue weighted by Crippen LogP contribution is 2.41. The number of benzene rings is 3. The molecule has 0 aliphatic carbocycles. The average molecular weight is 694 g/mol. The molecule has 1 aromatic heterocycles. The molecule has 2 unspecified atom stereocenters. The molecule has 0 spiro atoms. The van der Waals surface area contributed by atoms with Gasteiger partial charge < -0.3 is 30.2 Å². The predicted octanol–water partition coefficient (Wildman–Crippen LogP) is 6.24. The van der Waals surface area contributed by atoms with Crippen LogP contribution >= 0.6 is 0 Å². The van der Waals surface area contributed by atoms with Crippen molar-refractivity contribution in [2.75, 3.05) is 43.7 Å². The Labute approximate surface area is 284 Å². The second-order valence-corrected chi connectivity index (χ2v) is 14.3. The van der Waals surface area contributed by atoms with Gasteiger partial charge >= 0.3 is 6.09 Å². The van der Waals surface area contributed by atoms with Gasteiger partial charge in [-0.25, -0.2) is 22.6 Å². The maximum atomic E-state index is 16.0. The molecule has 5 rings (SSSR count). The number of methoxy groups -OCH3 is 2. The molecule has 260 valence electrons. The summed E-state index contributed by atoms with van der Waals surface area (Å²) in [6, 6.07) is 12.1. The number of carbonyl (C=O) groups is 2. The second-order valence-electron chi connectivity index (χ2n) is 11.8. The van der Waals surface area contributed by atoms with Gasteiger partial charge in [0.05, 0.1) is 37.0 Å². The Kier molecular flexibility index (Phi) is 10.5. The summed E-state index contributed by atoms with van der Waals surface area (Å²) in [5.41, 5.74) is 7.21. The lowest BCUT2D eigenvalue weighted by Gasteiger charge is -2.32. The highest BCUT2D eigenvalue weighted by atomic mass is 32.2.